The smallest absolute Gasteiger partial charge is 0.223 e. The second-order valence-electron chi connectivity index (χ2n) is 4.88. The molecule has 0 aromatic carbocycles. The van der Waals surface area contributed by atoms with E-state index in [1.807, 2.05) is 0 Å². The van der Waals surface area contributed by atoms with Gasteiger partial charge in [0.2, 0.25) is 5.91 Å². The van der Waals surface area contributed by atoms with E-state index in [0.717, 1.165) is 51.7 Å². The molecule has 0 bridgehead atoms. The van der Waals surface area contributed by atoms with Gasteiger partial charge in [-0.2, -0.15) is 0 Å². The van der Waals surface area contributed by atoms with Crippen LogP contribution in [0.3, 0.4) is 0 Å². The highest BCUT2D eigenvalue weighted by atomic mass is 16.5. The lowest BCUT2D eigenvalue weighted by Gasteiger charge is -2.17. The van der Waals surface area contributed by atoms with E-state index in [1.165, 1.54) is 0 Å². The van der Waals surface area contributed by atoms with Crippen molar-refractivity contribution in [2.24, 2.45) is 17.6 Å². The molecule has 4 heteroatoms. The minimum atomic E-state index is 0.166. The molecule has 17 heavy (non-hydrogen) atoms. The van der Waals surface area contributed by atoms with E-state index in [9.17, 15) is 4.79 Å². The lowest BCUT2D eigenvalue weighted by molar-refractivity contribution is -0.125. The van der Waals surface area contributed by atoms with Crippen molar-refractivity contribution < 1.29 is 9.53 Å². The Bertz CT molecular complexity index is 221. The molecule has 1 aliphatic rings. The van der Waals surface area contributed by atoms with Crippen molar-refractivity contribution in [1.29, 1.82) is 0 Å². The van der Waals surface area contributed by atoms with Gasteiger partial charge >= 0.3 is 0 Å². The summed E-state index contributed by atoms with van der Waals surface area (Å²) in [6, 6.07) is 0. The van der Waals surface area contributed by atoms with Gasteiger partial charge in [0.25, 0.3) is 0 Å². The Morgan fingerprint density at radius 2 is 2.18 bits per heavy atom. The highest BCUT2D eigenvalue weighted by molar-refractivity contribution is 5.79. The first-order valence-electron chi connectivity index (χ1n) is 6.76. The maximum Gasteiger partial charge on any atom is 0.223 e. The van der Waals surface area contributed by atoms with Crippen LogP contribution in [0.15, 0.2) is 0 Å². The van der Waals surface area contributed by atoms with E-state index in [1.54, 1.807) is 7.11 Å². The Labute approximate surface area is 104 Å². The quantitative estimate of drug-likeness (QED) is 0.630. The molecule has 3 N–H and O–H groups in total. The van der Waals surface area contributed by atoms with Crippen LogP contribution in [-0.2, 0) is 9.53 Å². The summed E-state index contributed by atoms with van der Waals surface area (Å²) in [5.74, 6) is 0.784. The molecule has 0 radical (unpaired) electrons. The molecular weight excluding hydrogens is 216 g/mol. The van der Waals surface area contributed by atoms with Crippen LogP contribution in [0.4, 0.5) is 0 Å². The van der Waals surface area contributed by atoms with Crippen molar-refractivity contribution in [3.8, 4) is 0 Å². The average Bonchev–Trinajstić information content (AvgIpc) is 2.81. The molecule has 0 aromatic rings. The monoisotopic (exact) mass is 242 g/mol. The standard InChI is InChI=1S/C13H26N2O2/c1-17-9-4-2-3-8-15-13(16)12-7-5-6-11(12)10-14/h11-12H,2-10,14H2,1H3,(H,15,16). The third kappa shape index (κ3) is 5.04. The molecule has 1 amide bonds. The molecule has 1 saturated carbocycles. The van der Waals surface area contributed by atoms with Crippen LogP contribution in [0.5, 0.6) is 0 Å². The molecule has 2 unspecified atom stereocenters. The number of amides is 1. The fourth-order valence-corrected chi connectivity index (χ4v) is 2.55. The number of ether oxygens (including phenoxy) is 1. The predicted octanol–water partition coefficient (Wildman–Crippen LogP) is 1.29. The molecule has 0 spiro atoms. The zero-order chi connectivity index (χ0) is 12.5. The molecule has 100 valence electrons. The normalized spacial score (nSPS) is 23.9. The minimum Gasteiger partial charge on any atom is -0.385 e. The van der Waals surface area contributed by atoms with Crippen LogP contribution < -0.4 is 11.1 Å². The molecule has 2 atom stereocenters. The number of carbonyl (C=O) groups is 1. The van der Waals surface area contributed by atoms with Gasteiger partial charge in [0.15, 0.2) is 0 Å². The van der Waals surface area contributed by atoms with E-state index in [-0.39, 0.29) is 11.8 Å². The van der Waals surface area contributed by atoms with E-state index < -0.39 is 0 Å². The van der Waals surface area contributed by atoms with Crippen LogP contribution >= 0.6 is 0 Å². The van der Waals surface area contributed by atoms with E-state index >= 15 is 0 Å². The summed E-state index contributed by atoms with van der Waals surface area (Å²) in [5, 5.41) is 3.03. The Balaban J connectivity index is 2.08. The number of hydrogen-bond donors (Lipinski definition) is 2. The summed E-state index contributed by atoms with van der Waals surface area (Å²) in [6.07, 6.45) is 6.49. The fourth-order valence-electron chi connectivity index (χ4n) is 2.55. The molecule has 0 heterocycles. The number of methoxy groups -OCH3 is 1. The number of rotatable bonds is 8. The second-order valence-corrected chi connectivity index (χ2v) is 4.88. The van der Waals surface area contributed by atoms with Gasteiger partial charge in [0, 0.05) is 26.2 Å². The molecule has 0 aromatic heterocycles. The Kier molecular flexibility index (Phi) is 7.21. The fraction of sp³-hybridized carbons (Fsp3) is 0.923. The Morgan fingerprint density at radius 3 is 2.88 bits per heavy atom. The SMILES string of the molecule is COCCCCCNC(=O)C1CCCC1CN. The van der Waals surface area contributed by atoms with Crippen LogP contribution in [0, 0.1) is 11.8 Å². The first-order chi connectivity index (χ1) is 8.29. The van der Waals surface area contributed by atoms with Gasteiger partial charge in [0.05, 0.1) is 0 Å². The highest BCUT2D eigenvalue weighted by Gasteiger charge is 2.31. The van der Waals surface area contributed by atoms with Gasteiger partial charge in [0.1, 0.15) is 0 Å². The van der Waals surface area contributed by atoms with Gasteiger partial charge in [-0.15, -0.1) is 0 Å². The van der Waals surface area contributed by atoms with Gasteiger partial charge in [-0.25, -0.2) is 0 Å². The van der Waals surface area contributed by atoms with Crippen molar-refractivity contribution in [1.82, 2.24) is 5.32 Å². The molecule has 1 rings (SSSR count). The van der Waals surface area contributed by atoms with Crippen LogP contribution in [0.25, 0.3) is 0 Å². The number of carbonyl (C=O) groups excluding carboxylic acids is 1. The summed E-state index contributed by atoms with van der Waals surface area (Å²) in [5.41, 5.74) is 5.68. The van der Waals surface area contributed by atoms with Crippen molar-refractivity contribution >= 4 is 5.91 Å². The van der Waals surface area contributed by atoms with Crippen LogP contribution in [-0.4, -0.2) is 32.7 Å². The zero-order valence-corrected chi connectivity index (χ0v) is 10.9. The topological polar surface area (TPSA) is 64.3 Å². The predicted molar refractivity (Wildman–Crippen MR) is 68.6 cm³/mol. The maximum absolute atomic E-state index is 11.9. The molecule has 1 fully saturated rings. The average molecular weight is 242 g/mol. The molecule has 0 aliphatic heterocycles. The van der Waals surface area contributed by atoms with Crippen LogP contribution in [0.1, 0.15) is 38.5 Å². The van der Waals surface area contributed by atoms with Crippen LogP contribution in [0.2, 0.25) is 0 Å². The van der Waals surface area contributed by atoms with E-state index in [2.05, 4.69) is 5.32 Å². The largest absolute Gasteiger partial charge is 0.385 e. The third-order valence-electron chi connectivity index (χ3n) is 3.62. The Hall–Kier alpha value is -0.610. The first kappa shape index (κ1) is 14.5. The van der Waals surface area contributed by atoms with Gasteiger partial charge in [-0.05, 0) is 44.6 Å². The van der Waals surface area contributed by atoms with Gasteiger partial charge in [-0.1, -0.05) is 6.42 Å². The lowest BCUT2D eigenvalue weighted by Crippen LogP contribution is -2.35. The number of nitrogens with two attached hydrogens (primary N) is 1. The summed E-state index contributed by atoms with van der Waals surface area (Å²) in [7, 11) is 1.72. The van der Waals surface area contributed by atoms with Crippen molar-refractivity contribution in [2.45, 2.75) is 38.5 Å². The van der Waals surface area contributed by atoms with Crippen molar-refractivity contribution in [3.05, 3.63) is 0 Å². The van der Waals surface area contributed by atoms with Crippen molar-refractivity contribution in [2.75, 3.05) is 26.8 Å². The summed E-state index contributed by atoms with van der Waals surface area (Å²) in [4.78, 5) is 11.9. The summed E-state index contributed by atoms with van der Waals surface area (Å²) >= 11 is 0. The highest BCUT2D eigenvalue weighted by Crippen LogP contribution is 2.30. The van der Waals surface area contributed by atoms with Crippen molar-refractivity contribution in [3.63, 3.8) is 0 Å². The van der Waals surface area contributed by atoms with E-state index in [0.29, 0.717) is 12.5 Å². The minimum absolute atomic E-state index is 0.166. The summed E-state index contributed by atoms with van der Waals surface area (Å²) < 4.78 is 4.98. The number of hydrogen-bond acceptors (Lipinski definition) is 3. The molecule has 4 nitrogen and oxygen atoms in total. The van der Waals surface area contributed by atoms with Gasteiger partial charge < -0.3 is 15.8 Å². The summed E-state index contributed by atoms with van der Waals surface area (Å²) in [6.45, 7) is 2.24. The molecule has 0 saturated heterocycles. The number of nitrogens with one attached hydrogen (secondary N) is 1. The Morgan fingerprint density at radius 1 is 1.35 bits per heavy atom. The third-order valence-corrected chi connectivity index (χ3v) is 3.62. The molecule has 1 aliphatic carbocycles. The number of unbranched alkanes of at least 4 members (excludes halogenated alkanes) is 2. The van der Waals surface area contributed by atoms with E-state index in [4.69, 9.17) is 10.5 Å². The second kappa shape index (κ2) is 8.48. The molecular formula is C13H26N2O2. The zero-order valence-electron chi connectivity index (χ0n) is 10.9. The maximum atomic E-state index is 11.9. The first-order valence-corrected chi connectivity index (χ1v) is 6.76. The van der Waals surface area contributed by atoms with Gasteiger partial charge in [-0.3, -0.25) is 4.79 Å². The lowest BCUT2D eigenvalue weighted by atomic mass is 9.95.